The number of amides is 2. The molecular formula is C31H37N3O4S. The number of nitrogens with zero attached hydrogens (tertiary/aromatic N) is 2. The lowest BCUT2D eigenvalue weighted by Gasteiger charge is -2.38. The van der Waals surface area contributed by atoms with Gasteiger partial charge in [0.25, 0.3) is 5.91 Å². The van der Waals surface area contributed by atoms with Crippen molar-refractivity contribution in [1.82, 2.24) is 15.2 Å². The number of fused-ring (bicyclic) bond motifs is 1. The van der Waals surface area contributed by atoms with E-state index in [1.807, 2.05) is 11.0 Å². The van der Waals surface area contributed by atoms with Crippen LogP contribution in [0.2, 0.25) is 0 Å². The van der Waals surface area contributed by atoms with E-state index in [0.717, 1.165) is 47.8 Å². The third-order valence-electron chi connectivity index (χ3n) is 7.30. The molecule has 2 aliphatic heterocycles. The molecule has 1 saturated heterocycles. The van der Waals surface area contributed by atoms with Gasteiger partial charge in [-0.25, -0.2) is 4.98 Å². The average Bonchev–Trinajstić information content (AvgIpc) is 3.62. The van der Waals surface area contributed by atoms with E-state index < -0.39 is 0 Å². The van der Waals surface area contributed by atoms with Crippen LogP contribution in [-0.4, -0.2) is 47.5 Å². The first-order valence-electron chi connectivity index (χ1n) is 13.8. The molecule has 7 nitrogen and oxygen atoms in total. The van der Waals surface area contributed by atoms with E-state index >= 15 is 0 Å². The highest BCUT2D eigenvalue weighted by Crippen LogP contribution is 2.38. The summed E-state index contributed by atoms with van der Waals surface area (Å²) in [5, 5.41) is 5.42. The fraction of sp³-hybridized carbons (Fsp3) is 0.452. The van der Waals surface area contributed by atoms with Crippen molar-refractivity contribution in [3.05, 3.63) is 80.8 Å². The van der Waals surface area contributed by atoms with Crippen molar-refractivity contribution in [3.8, 4) is 5.75 Å². The van der Waals surface area contributed by atoms with Crippen LogP contribution in [0.15, 0.2) is 47.8 Å². The van der Waals surface area contributed by atoms with Crippen molar-refractivity contribution < 1.29 is 19.1 Å². The van der Waals surface area contributed by atoms with E-state index in [1.54, 1.807) is 5.38 Å². The second-order valence-electron chi connectivity index (χ2n) is 10.9. The van der Waals surface area contributed by atoms with E-state index in [4.69, 9.17) is 9.47 Å². The van der Waals surface area contributed by atoms with E-state index in [1.165, 1.54) is 22.5 Å². The van der Waals surface area contributed by atoms with Gasteiger partial charge in [0.1, 0.15) is 23.1 Å². The Balaban J connectivity index is 1.30. The zero-order valence-corrected chi connectivity index (χ0v) is 23.8. The maximum atomic E-state index is 13.3. The summed E-state index contributed by atoms with van der Waals surface area (Å²) in [5.74, 6) is 1.02. The van der Waals surface area contributed by atoms with Crippen LogP contribution < -0.4 is 10.1 Å². The molecule has 1 aromatic heterocycles. The molecule has 2 aromatic carbocycles. The van der Waals surface area contributed by atoms with Crippen LogP contribution in [0.4, 0.5) is 0 Å². The quantitative estimate of drug-likeness (QED) is 0.385. The summed E-state index contributed by atoms with van der Waals surface area (Å²) in [5.41, 5.74) is 5.04. The Morgan fingerprint density at radius 3 is 2.77 bits per heavy atom. The van der Waals surface area contributed by atoms with Gasteiger partial charge in [-0.15, -0.1) is 11.3 Å². The smallest absolute Gasteiger partial charge is 0.270 e. The molecule has 206 valence electrons. The van der Waals surface area contributed by atoms with Gasteiger partial charge in [-0.05, 0) is 60.9 Å². The Morgan fingerprint density at radius 2 is 2.03 bits per heavy atom. The molecule has 2 atom stereocenters. The third kappa shape index (κ3) is 6.68. The Morgan fingerprint density at radius 1 is 1.21 bits per heavy atom. The van der Waals surface area contributed by atoms with Crippen LogP contribution in [0, 0.1) is 12.8 Å². The van der Waals surface area contributed by atoms with Gasteiger partial charge in [0.05, 0.1) is 12.1 Å². The molecule has 5 rings (SSSR count). The number of hydrogen-bond acceptors (Lipinski definition) is 6. The number of thiazole rings is 1. The molecule has 2 amide bonds. The third-order valence-corrected chi connectivity index (χ3v) is 8.13. The van der Waals surface area contributed by atoms with Gasteiger partial charge in [0.2, 0.25) is 5.91 Å². The molecule has 1 N–H and O–H groups in total. The highest BCUT2D eigenvalue weighted by Gasteiger charge is 2.32. The van der Waals surface area contributed by atoms with Crippen LogP contribution in [-0.2, 0) is 22.6 Å². The monoisotopic (exact) mass is 547 g/mol. The summed E-state index contributed by atoms with van der Waals surface area (Å²) in [6.45, 7) is 8.49. The summed E-state index contributed by atoms with van der Waals surface area (Å²) in [6.07, 6.45) is 3.46. The van der Waals surface area contributed by atoms with Crippen LogP contribution in [0.1, 0.15) is 76.9 Å². The number of rotatable bonds is 9. The SMILES string of the molecule is Cc1ccc([C@H]2c3cc(OCc4nc(C(=O)NC[C@@H]5CCCO5)cs4)ccc3CCN2C(=O)CC(C)C)cc1. The standard InChI is InChI=1S/C31H37N3O4S/c1-20(2)15-29(35)34-13-12-22-10-11-24(16-26(22)30(34)23-8-6-21(3)7-9-23)38-18-28-33-27(19-39-28)31(36)32-17-25-5-4-14-37-25/h6-11,16,19-20,25,30H,4-5,12-15,17-18H2,1-3H3,(H,32,36)/t25-,30-/m0/s1. The van der Waals surface area contributed by atoms with Gasteiger partial charge < -0.3 is 19.7 Å². The maximum Gasteiger partial charge on any atom is 0.270 e. The summed E-state index contributed by atoms with van der Waals surface area (Å²) in [7, 11) is 0. The van der Waals surface area contributed by atoms with E-state index in [0.29, 0.717) is 31.1 Å². The number of aryl methyl sites for hydroxylation is 1. The predicted molar refractivity (Wildman–Crippen MR) is 152 cm³/mol. The lowest BCUT2D eigenvalue weighted by Crippen LogP contribution is -2.41. The molecule has 3 heterocycles. The Bertz CT molecular complexity index is 1300. The molecule has 0 saturated carbocycles. The van der Waals surface area contributed by atoms with E-state index in [2.05, 4.69) is 67.5 Å². The molecule has 0 spiro atoms. The van der Waals surface area contributed by atoms with Gasteiger partial charge in [-0.1, -0.05) is 49.7 Å². The fourth-order valence-corrected chi connectivity index (χ4v) is 5.94. The highest BCUT2D eigenvalue weighted by molar-refractivity contribution is 7.09. The number of hydrogen-bond donors (Lipinski definition) is 1. The van der Waals surface area contributed by atoms with Crippen LogP contribution in [0.25, 0.3) is 0 Å². The second kappa shape index (κ2) is 12.3. The first-order chi connectivity index (χ1) is 18.9. The predicted octanol–water partition coefficient (Wildman–Crippen LogP) is 5.46. The zero-order chi connectivity index (χ0) is 27.4. The summed E-state index contributed by atoms with van der Waals surface area (Å²) in [4.78, 5) is 32.3. The molecule has 39 heavy (non-hydrogen) atoms. The molecule has 2 aliphatic rings. The average molecular weight is 548 g/mol. The topological polar surface area (TPSA) is 80.8 Å². The number of ether oxygens (including phenoxy) is 2. The Kier molecular flexibility index (Phi) is 8.63. The number of benzene rings is 2. The molecule has 0 aliphatic carbocycles. The molecule has 0 radical (unpaired) electrons. The summed E-state index contributed by atoms with van der Waals surface area (Å²) in [6, 6.07) is 14.5. The van der Waals surface area contributed by atoms with Crippen molar-refractivity contribution in [2.45, 2.75) is 65.2 Å². The molecule has 3 aromatic rings. The van der Waals surface area contributed by atoms with Crippen molar-refractivity contribution in [1.29, 1.82) is 0 Å². The van der Waals surface area contributed by atoms with Crippen molar-refractivity contribution in [2.75, 3.05) is 19.7 Å². The minimum atomic E-state index is -0.186. The van der Waals surface area contributed by atoms with E-state index in [9.17, 15) is 9.59 Å². The van der Waals surface area contributed by atoms with Crippen molar-refractivity contribution in [3.63, 3.8) is 0 Å². The van der Waals surface area contributed by atoms with Gasteiger partial charge >= 0.3 is 0 Å². The Labute approximate surface area is 234 Å². The fourth-order valence-electron chi connectivity index (χ4n) is 5.26. The van der Waals surface area contributed by atoms with Crippen LogP contribution >= 0.6 is 11.3 Å². The first-order valence-corrected chi connectivity index (χ1v) is 14.7. The molecule has 8 heteroatoms. The van der Waals surface area contributed by atoms with E-state index in [-0.39, 0.29) is 30.6 Å². The number of carbonyl (C=O) groups excluding carboxylic acids is 2. The van der Waals surface area contributed by atoms with Gasteiger partial charge in [-0.3, -0.25) is 9.59 Å². The second-order valence-corrected chi connectivity index (χ2v) is 11.8. The van der Waals surface area contributed by atoms with Crippen molar-refractivity contribution >= 4 is 23.2 Å². The molecule has 0 bridgehead atoms. The zero-order valence-electron chi connectivity index (χ0n) is 22.9. The van der Waals surface area contributed by atoms with Gasteiger partial charge in [-0.2, -0.15) is 0 Å². The van der Waals surface area contributed by atoms with Gasteiger partial charge in [0.15, 0.2) is 0 Å². The minimum Gasteiger partial charge on any atom is -0.486 e. The van der Waals surface area contributed by atoms with Crippen LogP contribution in [0.3, 0.4) is 0 Å². The number of nitrogens with one attached hydrogen (secondary N) is 1. The highest BCUT2D eigenvalue weighted by atomic mass is 32.1. The normalized spacial score (nSPS) is 18.7. The molecule has 0 unspecified atom stereocenters. The van der Waals surface area contributed by atoms with Crippen molar-refractivity contribution in [2.24, 2.45) is 5.92 Å². The lowest BCUT2D eigenvalue weighted by atomic mass is 9.87. The maximum absolute atomic E-state index is 13.3. The molecule has 1 fully saturated rings. The van der Waals surface area contributed by atoms with Crippen LogP contribution in [0.5, 0.6) is 5.75 Å². The number of carbonyl (C=O) groups is 2. The van der Waals surface area contributed by atoms with Gasteiger partial charge in [0, 0.05) is 31.5 Å². The number of aromatic nitrogens is 1. The molecular weight excluding hydrogens is 510 g/mol. The summed E-state index contributed by atoms with van der Waals surface area (Å²) >= 11 is 1.41. The summed E-state index contributed by atoms with van der Waals surface area (Å²) < 4.78 is 11.7. The largest absolute Gasteiger partial charge is 0.486 e. The first kappa shape index (κ1) is 27.3. The minimum absolute atomic E-state index is 0.0970. The lowest BCUT2D eigenvalue weighted by molar-refractivity contribution is -0.134. The Hall–Kier alpha value is -3.23.